The van der Waals surface area contributed by atoms with E-state index in [1.165, 1.54) is 30.2 Å². The van der Waals surface area contributed by atoms with Crippen LogP contribution in [0.2, 0.25) is 0 Å². The predicted octanol–water partition coefficient (Wildman–Crippen LogP) is 4.11. The molecular weight excluding hydrogens is 302 g/mol. The molecule has 2 heterocycles. The first kappa shape index (κ1) is 15.9. The van der Waals surface area contributed by atoms with Crippen molar-refractivity contribution in [1.29, 1.82) is 0 Å². The van der Waals surface area contributed by atoms with Crippen LogP contribution in [0, 0.1) is 5.92 Å². The summed E-state index contributed by atoms with van der Waals surface area (Å²) in [5.41, 5.74) is 2.33. The molecule has 0 radical (unpaired) electrons. The fraction of sp³-hybridized carbons (Fsp3) is 0.550. The highest BCUT2D eigenvalue weighted by atomic mass is 16.7. The molecule has 0 unspecified atom stereocenters. The van der Waals surface area contributed by atoms with Gasteiger partial charge in [0, 0.05) is 24.4 Å². The maximum atomic E-state index is 5.83. The summed E-state index contributed by atoms with van der Waals surface area (Å²) in [6, 6.07) is 8.32. The van der Waals surface area contributed by atoms with Crippen LogP contribution < -0.4 is 4.74 Å². The van der Waals surface area contributed by atoms with Gasteiger partial charge in [-0.05, 0) is 49.3 Å². The number of pyridine rings is 1. The average Bonchev–Trinajstić information content (AvgIpc) is 3.09. The first-order valence-corrected chi connectivity index (χ1v) is 8.98. The zero-order valence-electron chi connectivity index (χ0n) is 14.3. The van der Waals surface area contributed by atoms with E-state index >= 15 is 0 Å². The lowest BCUT2D eigenvalue weighted by molar-refractivity contribution is -0.182. The van der Waals surface area contributed by atoms with E-state index in [0.717, 1.165) is 49.7 Å². The first-order valence-electron chi connectivity index (χ1n) is 8.98. The monoisotopic (exact) mass is 327 g/mol. The molecule has 2 aromatic rings. The van der Waals surface area contributed by atoms with Crippen LogP contribution in [-0.4, -0.2) is 31.1 Å². The van der Waals surface area contributed by atoms with Gasteiger partial charge in [0.2, 0.25) is 0 Å². The molecule has 0 amide bonds. The summed E-state index contributed by atoms with van der Waals surface area (Å²) in [4.78, 5) is 4.50. The van der Waals surface area contributed by atoms with Crippen molar-refractivity contribution < 1.29 is 14.2 Å². The smallest absolute Gasteiger partial charge is 0.168 e. The molecule has 1 saturated carbocycles. The summed E-state index contributed by atoms with van der Waals surface area (Å²) >= 11 is 0. The molecule has 1 aromatic carbocycles. The van der Waals surface area contributed by atoms with E-state index in [9.17, 15) is 0 Å². The highest BCUT2D eigenvalue weighted by Gasteiger charge is 2.39. The van der Waals surface area contributed by atoms with Gasteiger partial charge >= 0.3 is 0 Å². The second-order valence-electron chi connectivity index (χ2n) is 6.92. The Morgan fingerprint density at radius 1 is 1.17 bits per heavy atom. The van der Waals surface area contributed by atoms with Gasteiger partial charge < -0.3 is 14.2 Å². The summed E-state index contributed by atoms with van der Waals surface area (Å²) in [5, 5.41) is 1.21. The number of fused-ring (bicyclic) bond motifs is 1. The molecule has 0 bridgehead atoms. The summed E-state index contributed by atoms with van der Waals surface area (Å²) in [6.07, 6.45) is 8.69. The van der Waals surface area contributed by atoms with Crippen molar-refractivity contribution in [1.82, 2.24) is 4.98 Å². The third kappa shape index (κ3) is 3.01. The predicted molar refractivity (Wildman–Crippen MR) is 93.2 cm³/mol. The van der Waals surface area contributed by atoms with Gasteiger partial charge in [0.15, 0.2) is 5.79 Å². The third-order valence-electron chi connectivity index (χ3n) is 5.55. The van der Waals surface area contributed by atoms with Crippen LogP contribution in [0.5, 0.6) is 5.75 Å². The molecule has 2 aliphatic rings. The van der Waals surface area contributed by atoms with Crippen molar-refractivity contribution >= 4 is 10.9 Å². The highest BCUT2D eigenvalue weighted by Crippen LogP contribution is 2.40. The van der Waals surface area contributed by atoms with Gasteiger partial charge in [-0.3, -0.25) is 4.98 Å². The van der Waals surface area contributed by atoms with E-state index in [1.807, 2.05) is 18.3 Å². The summed E-state index contributed by atoms with van der Waals surface area (Å²) in [6.45, 7) is 1.52. The van der Waals surface area contributed by atoms with Crippen molar-refractivity contribution in [3.8, 4) is 5.75 Å². The van der Waals surface area contributed by atoms with Crippen molar-refractivity contribution in [3.63, 3.8) is 0 Å². The number of ether oxygens (including phenoxy) is 3. The van der Waals surface area contributed by atoms with Crippen LogP contribution in [-0.2, 0) is 15.9 Å². The quantitative estimate of drug-likeness (QED) is 0.847. The van der Waals surface area contributed by atoms with Crippen LogP contribution >= 0.6 is 0 Å². The van der Waals surface area contributed by atoms with Crippen LogP contribution in [0.4, 0.5) is 0 Å². The minimum absolute atomic E-state index is 0.243. The topological polar surface area (TPSA) is 40.6 Å². The number of methoxy groups -OCH3 is 1. The molecule has 4 rings (SSSR count). The number of rotatable bonds is 4. The van der Waals surface area contributed by atoms with Crippen LogP contribution in [0.25, 0.3) is 10.9 Å². The molecule has 1 aromatic heterocycles. The molecule has 0 atom stereocenters. The Balaban J connectivity index is 1.42. The lowest BCUT2D eigenvalue weighted by Gasteiger charge is -2.35. The van der Waals surface area contributed by atoms with Gasteiger partial charge in [0.25, 0.3) is 0 Å². The van der Waals surface area contributed by atoms with Gasteiger partial charge in [0.1, 0.15) is 11.3 Å². The molecule has 4 heteroatoms. The van der Waals surface area contributed by atoms with Crippen molar-refractivity contribution in [2.75, 3.05) is 20.3 Å². The van der Waals surface area contributed by atoms with Gasteiger partial charge in [-0.25, -0.2) is 0 Å². The summed E-state index contributed by atoms with van der Waals surface area (Å²) < 4.78 is 17.1. The molecule has 1 aliphatic heterocycles. The number of aromatic nitrogens is 1. The zero-order chi connectivity index (χ0) is 16.4. The Morgan fingerprint density at radius 3 is 2.71 bits per heavy atom. The number of benzene rings is 1. The van der Waals surface area contributed by atoms with Gasteiger partial charge in [-0.15, -0.1) is 0 Å². The molecule has 1 aliphatic carbocycles. The summed E-state index contributed by atoms with van der Waals surface area (Å²) in [5.74, 6) is 1.37. The molecule has 1 spiro atoms. The number of hydrogen-bond donors (Lipinski definition) is 0. The third-order valence-corrected chi connectivity index (χ3v) is 5.55. The number of aryl methyl sites for hydroxylation is 1. The molecule has 2 fully saturated rings. The first-order chi connectivity index (χ1) is 11.8. The molecule has 0 N–H and O–H groups in total. The zero-order valence-corrected chi connectivity index (χ0v) is 14.3. The van der Waals surface area contributed by atoms with E-state index in [1.54, 1.807) is 7.11 Å². The second kappa shape index (κ2) is 6.69. The molecule has 4 nitrogen and oxygen atoms in total. The van der Waals surface area contributed by atoms with Crippen LogP contribution in [0.3, 0.4) is 0 Å². The lowest BCUT2D eigenvalue weighted by Crippen LogP contribution is -2.35. The maximum Gasteiger partial charge on any atom is 0.168 e. The second-order valence-corrected chi connectivity index (χ2v) is 6.92. The van der Waals surface area contributed by atoms with Gasteiger partial charge in [0.05, 0.1) is 20.3 Å². The fourth-order valence-electron chi connectivity index (χ4n) is 4.14. The van der Waals surface area contributed by atoms with Crippen molar-refractivity contribution in [2.45, 2.75) is 44.3 Å². The lowest BCUT2D eigenvalue weighted by atomic mass is 9.82. The van der Waals surface area contributed by atoms with Crippen LogP contribution in [0.1, 0.15) is 37.7 Å². The Kier molecular flexibility index (Phi) is 4.42. The van der Waals surface area contributed by atoms with Gasteiger partial charge in [-0.1, -0.05) is 12.1 Å². The molecule has 24 heavy (non-hydrogen) atoms. The van der Waals surface area contributed by atoms with E-state index in [4.69, 9.17) is 14.2 Å². The molecular formula is C20H25NO3. The van der Waals surface area contributed by atoms with E-state index in [2.05, 4.69) is 17.1 Å². The number of nitrogens with zero attached hydrogens (tertiary/aromatic N) is 1. The van der Waals surface area contributed by atoms with Crippen molar-refractivity contribution in [2.24, 2.45) is 5.92 Å². The Morgan fingerprint density at radius 2 is 1.96 bits per heavy atom. The normalized spacial score (nSPS) is 20.7. The minimum Gasteiger partial charge on any atom is -0.494 e. The number of hydrogen-bond acceptors (Lipinski definition) is 4. The van der Waals surface area contributed by atoms with Crippen LogP contribution in [0.15, 0.2) is 30.5 Å². The standard InChI is InChI=1S/C20H25NO3/c1-22-18-4-2-3-17-16(9-12-21-19(17)18)6-5-15-7-10-20(11-8-15)23-13-14-24-20/h2-4,9,12,15H,5-8,10-11,13-14H2,1H3. The van der Waals surface area contributed by atoms with E-state index < -0.39 is 0 Å². The maximum absolute atomic E-state index is 5.83. The van der Waals surface area contributed by atoms with Crippen molar-refractivity contribution in [3.05, 3.63) is 36.0 Å². The van der Waals surface area contributed by atoms with E-state index in [0.29, 0.717) is 0 Å². The highest BCUT2D eigenvalue weighted by molar-refractivity contribution is 5.87. The Hall–Kier alpha value is -1.65. The van der Waals surface area contributed by atoms with Gasteiger partial charge in [-0.2, -0.15) is 0 Å². The molecule has 128 valence electrons. The Labute approximate surface area is 143 Å². The largest absolute Gasteiger partial charge is 0.494 e. The Bertz CT molecular complexity index is 699. The minimum atomic E-state index is -0.243. The van der Waals surface area contributed by atoms with E-state index in [-0.39, 0.29) is 5.79 Å². The fourth-order valence-corrected chi connectivity index (χ4v) is 4.14. The summed E-state index contributed by atoms with van der Waals surface area (Å²) in [7, 11) is 1.70. The molecule has 1 saturated heterocycles. The average molecular weight is 327 g/mol. The number of para-hydroxylation sites is 1. The SMILES string of the molecule is COc1cccc2c(CCC3CCC4(CC3)OCCO4)ccnc12.